The van der Waals surface area contributed by atoms with Crippen molar-refractivity contribution in [3.8, 4) is 0 Å². The molecule has 7 nitrogen and oxygen atoms in total. The Kier molecular flexibility index (Phi) is 4.42. The molecule has 0 radical (unpaired) electrons. The molecule has 0 aliphatic heterocycles. The maximum Gasteiger partial charge on any atom is 0.226 e. The van der Waals surface area contributed by atoms with Gasteiger partial charge in [0.1, 0.15) is 0 Å². The first-order valence-electron chi connectivity index (χ1n) is 9.98. The average molecular weight is 386 g/mol. The minimum absolute atomic E-state index is 0.126. The molecule has 1 aliphatic carbocycles. The lowest BCUT2D eigenvalue weighted by Gasteiger charge is -2.32. The Morgan fingerprint density at radius 2 is 2.10 bits per heavy atom. The number of hydrogen-bond donors (Lipinski definition) is 0. The van der Waals surface area contributed by atoms with Gasteiger partial charge >= 0.3 is 0 Å². The molecular weight excluding hydrogens is 364 g/mol. The van der Waals surface area contributed by atoms with Crippen LogP contribution in [0.3, 0.4) is 0 Å². The molecule has 1 aromatic carbocycles. The summed E-state index contributed by atoms with van der Waals surface area (Å²) in [6.07, 6.45) is 6.64. The predicted octanol–water partition coefficient (Wildman–Crippen LogP) is 3.31. The van der Waals surface area contributed by atoms with Crippen LogP contribution in [-0.2, 0) is 17.9 Å². The lowest BCUT2D eigenvalue weighted by atomic mass is 9.84. The molecule has 1 fully saturated rings. The Labute approximate surface area is 168 Å². The van der Waals surface area contributed by atoms with Crippen LogP contribution in [0, 0.1) is 12.8 Å². The van der Waals surface area contributed by atoms with Crippen LogP contribution in [0.4, 0.5) is 0 Å². The second-order valence-electron chi connectivity index (χ2n) is 7.78. The van der Waals surface area contributed by atoms with Crippen LogP contribution in [0.25, 0.3) is 16.6 Å². The van der Waals surface area contributed by atoms with Crippen molar-refractivity contribution in [2.24, 2.45) is 5.92 Å². The highest BCUT2D eigenvalue weighted by Crippen LogP contribution is 2.30. The van der Waals surface area contributed by atoms with E-state index in [1.54, 1.807) is 10.7 Å². The number of tetrazole rings is 1. The number of carbonyl (C=O) groups is 1. The van der Waals surface area contributed by atoms with E-state index in [0.717, 1.165) is 46.9 Å². The topological polar surface area (TPSA) is 76.3 Å². The van der Waals surface area contributed by atoms with Gasteiger partial charge in [0.25, 0.3) is 0 Å². The van der Waals surface area contributed by atoms with Gasteiger partial charge in [-0.15, -0.1) is 5.10 Å². The van der Waals surface area contributed by atoms with Gasteiger partial charge in [0.2, 0.25) is 5.91 Å². The largest absolute Gasteiger partial charge is 0.334 e. The first kappa shape index (κ1) is 17.7. The molecule has 0 N–H and O–H groups in total. The van der Waals surface area contributed by atoms with E-state index >= 15 is 0 Å². The molecule has 1 amide bonds. The van der Waals surface area contributed by atoms with E-state index in [9.17, 15) is 4.79 Å². The second kappa shape index (κ2) is 7.24. The molecule has 146 valence electrons. The smallest absolute Gasteiger partial charge is 0.226 e. The van der Waals surface area contributed by atoms with Crippen molar-refractivity contribution >= 4 is 22.5 Å². The van der Waals surface area contributed by atoms with Crippen molar-refractivity contribution in [2.75, 3.05) is 0 Å². The van der Waals surface area contributed by atoms with Gasteiger partial charge in [-0.3, -0.25) is 9.78 Å². The number of pyridine rings is 2. The van der Waals surface area contributed by atoms with E-state index in [0.29, 0.717) is 18.7 Å². The second-order valence-corrected chi connectivity index (χ2v) is 7.78. The molecule has 0 saturated heterocycles. The van der Waals surface area contributed by atoms with E-state index in [2.05, 4.69) is 45.6 Å². The number of benzene rings is 1. The van der Waals surface area contributed by atoms with E-state index in [-0.39, 0.29) is 11.8 Å². The molecule has 0 spiro atoms. The third-order valence-electron chi connectivity index (χ3n) is 5.79. The fourth-order valence-corrected chi connectivity index (χ4v) is 4.04. The van der Waals surface area contributed by atoms with E-state index < -0.39 is 0 Å². The molecule has 3 aromatic heterocycles. The number of hydrogen-bond acceptors (Lipinski definition) is 5. The molecule has 29 heavy (non-hydrogen) atoms. The number of para-hydroxylation sites is 1. The maximum atomic E-state index is 13.2. The number of rotatable bonds is 5. The molecule has 7 heteroatoms. The fourth-order valence-electron chi connectivity index (χ4n) is 4.04. The van der Waals surface area contributed by atoms with Crippen molar-refractivity contribution in [3.63, 3.8) is 0 Å². The van der Waals surface area contributed by atoms with Crippen molar-refractivity contribution < 1.29 is 4.79 Å². The van der Waals surface area contributed by atoms with E-state index in [1.807, 2.05) is 29.3 Å². The number of nitrogens with zero attached hydrogens (tertiary/aromatic N) is 6. The highest BCUT2D eigenvalue weighted by atomic mass is 16.2. The first-order valence-corrected chi connectivity index (χ1v) is 9.98. The number of aryl methyl sites for hydroxylation is 1. The molecule has 0 unspecified atom stereocenters. The van der Waals surface area contributed by atoms with Gasteiger partial charge in [0.05, 0.1) is 5.52 Å². The summed E-state index contributed by atoms with van der Waals surface area (Å²) in [5, 5.41) is 13.4. The number of amides is 1. The van der Waals surface area contributed by atoms with Crippen LogP contribution in [0.2, 0.25) is 0 Å². The predicted molar refractivity (Wildman–Crippen MR) is 109 cm³/mol. The summed E-state index contributed by atoms with van der Waals surface area (Å²) in [7, 11) is 0. The van der Waals surface area contributed by atoms with Crippen molar-refractivity contribution in [3.05, 3.63) is 65.5 Å². The Balaban J connectivity index is 1.56. The van der Waals surface area contributed by atoms with Gasteiger partial charge in [-0.25, -0.2) is 0 Å². The first-order chi connectivity index (χ1) is 14.2. The molecule has 0 atom stereocenters. The van der Waals surface area contributed by atoms with Crippen molar-refractivity contribution in [1.82, 2.24) is 29.9 Å². The van der Waals surface area contributed by atoms with Gasteiger partial charge < -0.3 is 4.90 Å². The summed E-state index contributed by atoms with van der Waals surface area (Å²) in [4.78, 5) is 19.3. The van der Waals surface area contributed by atoms with Gasteiger partial charge in [-0.2, -0.15) is 4.52 Å². The molecular formula is C22H22N6O. The quantitative estimate of drug-likeness (QED) is 0.526. The fraction of sp³-hybridized carbons (Fsp3) is 0.318. The van der Waals surface area contributed by atoms with Crippen LogP contribution in [-0.4, -0.2) is 35.8 Å². The monoisotopic (exact) mass is 386 g/mol. The lowest BCUT2D eigenvalue weighted by molar-refractivity contribution is -0.139. The highest BCUT2D eigenvalue weighted by Gasteiger charge is 2.30. The summed E-state index contributed by atoms with van der Waals surface area (Å²) in [6.45, 7) is 3.05. The van der Waals surface area contributed by atoms with Gasteiger partial charge in [0, 0.05) is 42.4 Å². The van der Waals surface area contributed by atoms with Crippen LogP contribution >= 0.6 is 0 Å². The van der Waals surface area contributed by atoms with Crippen molar-refractivity contribution in [2.45, 2.75) is 39.3 Å². The zero-order chi connectivity index (χ0) is 19.8. The summed E-state index contributed by atoms with van der Waals surface area (Å²) in [6, 6.07) is 12.2. The highest BCUT2D eigenvalue weighted by molar-refractivity contribution is 5.86. The average Bonchev–Trinajstić information content (AvgIpc) is 3.17. The number of carbonyl (C=O) groups excluding carboxylic acids is 1. The van der Waals surface area contributed by atoms with Crippen LogP contribution in [0.5, 0.6) is 0 Å². The minimum Gasteiger partial charge on any atom is -0.334 e. The lowest BCUT2D eigenvalue weighted by Crippen LogP contribution is -2.38. The third-order valence-corrected chi connectivity index (χ3v) is 5.79. The normalized spacial score (nSPS) is 14.2. The number of aromatic nitrogens is 5. The SMILES string of the molecule is Cc1cccc2cc(CN(Cc3cccnc3)C(=O)C3CCC3)c3nnnn3c12. The summed E-state index contributed by atoms with van der Waals surface area (Å²) >= 11 is 0. The van der Waals surface area contributed by atoms with Crippen LogP contribution in [0.15, 0.2) is 48.8 Å². The Bertz CT molecular complexity index is 1180. The zero-order valence-corrected chi connectivity index (χ0v) is 16.3. The summed E-state index contributed by atoms with van der Waals surface area (Å²) in [5.41, 5.74) is 4.78. The molecule has 4 aromatic rings. The zero-order valence-electron chi connectivity index (χ0n) is 16.3. The van der Waals surface area contributed by atoms with E-state index in [1.165, 1.54) is 0 Å². The molecule has 1 aliphatic rings. The minimum atomic E-state index is 0.126. The summed E-state index contributed by atoms with van der Waals surface area (Å²) < 4.78 is 1.79. The van der Waals surface area contributed by atoms with Crippen molar-refractivity contribution in [1.29, 1.82) is 0 Å². The number of fused-ring (bicyclic) bond motifs is 3. The maximum absolute atomic E-state index is 13.2. The molecule has 3 heterocycles. The van der Waals surface area contributed by atoms with Gasteiger partial charge in [-0.1, -0.05) is 30.7 Å². The molecule has 5 rings (SSSR count). The Morgan fingerprint density at radius 1 is 1.21 bits per heavy atom. The third kappa shape index (κ3) is 3.22. The molecule has 0 bridgehead atoms. The van der Waals surface area contributed by atoms with Gasteiger partial charge in [0.15, 0.2) is 5.65 Å². The molecule has 1 saturated carbocycles. The van der Waals surface area contributed by atoms with Gasteiger partial charge in [-0.05, 0) is 53.5 Å². The Hall–Kier alpha value is -3.35. The summed E-state index contributed by atoms with van der Waals surface area (Å²) in [5.74, 6) is 0.330. The van der Waals surface area contributed by atoms with Crippen LogP contribution in [0.1, 0.15) is 36.0 Å². The van der Waals surface area contributed by atoms with E-state index in [4.69, 9.17) is 0 Å². The standard InChI is InChI=1S/C22H22N6O/c1-15-5-2-9-18-11-19(21-24-25-26-28(21)20(15)18)14-27(22(29)17-7-3-8-17)13-16-6-4-10-23-12-16/h2,4-6,9-12,17H,3,7-8,13-14H2,1H3. The Morgan fingerprint density at radius 3 is 2.86 bits per heavy atom. The van der Waals surface area contributed by atoms with Crippen LogP contribution < -0.4 is 0 Å².